The number of anilines is 1. The molecule has 3 rings (SSSR count). The molecule has 0 spiro atoms. The van der Waals surface area contributed by atoms with Crippen LogP contribution in [0.3, 0.4) is 0 Å². The number of alkyl halides is 3. The van der Waals surface area contributed by atoms with Crippen LogP contribution in [0.1, 0.15) is 11.6 Å². The number of nitrogen functional groups attached to an aromatic ring is 1. The summed E-state index contributed by atoms with van der Waals surface area (Å²) in [6.45, 7) is 1.81. The lowest BCUT2D eigenvalue weighted by Crippen LogP contribution is -2.17. The van der Waals surface area contributed by atoms with E-state index in [-0.39, 0.29) is 5.75 Å². The number of benzene rings is 1. The molecule has 0 aliphatic heterocycles. The van der Waals surface area contributed by atoms with Crippen molar-refractivity contribution in [2.24, 2.45) is 0 Å². The summed E-state index contributed by atoms with van der Waals surface area (Å²) in [7, 11) is 0. The zero-order chi connectivity index (χ0) is 18.7. The molecule has 2 N–H and O–H groups in total. The average Bonchev–Trinajstić information content (AvgIpc) is 3.00. The van der Waals surface area contributed by atoms with Crippen LogP contribution in [0.25, 0.3) is 11.3 Å². The highest BCUT2D eigenvalue weighted by Crippen LogP contribution is 2.29. The zero-order valence-electron chi connectivity index (χ0n) is 13.4. The quantitative estimate of drug-likeness (QED) is 0.522. The Morgan fingerprint density at radius 3 is 2.77 bits per heavy atom. The highest BCUT2D eigenvalue weighted by atomic mass is 32.2. The molecule has 0 bridgehead atoms. The van der Waals surface area contributed by atoms with Crippen LogP contribution in [-0.2, 0) is 5.75 Å². The monoisotopic (exact) mass is 382 g/mol. The second-order valence-corrected chi connectivity index (χ2v) is 6.14. The van der Waals surface area contributed by atoms with Crippen LogP contribution in [0.5, 0.6) is 5.75 Å². The third-order valence-electron chi connectivity index (χ3n) is 3.08. The van der Waals surface area contributed by atoms with Crippen molar-refractivity contribution in [3.8, 4) is 17.1 Å². The van der Waals surface area contributed by atoms with Gasteiger partial charge in [0.2, 0.25) is 5.89 Å². The number of aromatic nitrogens is 3. The van der Waals surface area contributed by atoms with Gasteiger partial charge in [-0.05, 0) is 19.1 Å². The lowest BCUT2D eigenvalue weighted by molar-refractivity contribution is -0.274. The number of rotatable bonds is 5. The lowest BCUT2D eigenvalue weighted by Gasteiger charge is -2.09. The van der Waals surface area contributed by atoms with Gasteiger partial charge in [0, 0.05) is 17.3 Å². The Kier molecular flexibility index (Phi) is 5.03. The van der Waals surface area contributed by atoms with E-state index in [4.69, 9.17) is 10.2 Å². The predicted octanol–water partition coefficient (Wildman–Crippen LogP) is 4.21. The first kappa shape index (κ1) is 18.1. The van der Waals surface area contributed by atoms with E-state index >= 15 is 0 Å². The molecule has 0 saturated heterocycles. The van der Waals surface area contributed by atoms with Crippen LogP contribution in [-0.4, -0.2) is 21.3 Å². The van der Waals surface area contributed by atoms with Crippen molar-refractivity contribution in [2.45, 2.75) is 24.2 Å². The van der Waals surface area contributed by atoms with Gasteiger partial charge in [-0.2, -0.15) is 0 Å². The van der Waals surface area contributed by atoms with E-state index in [2.05, 4.69) is 19.7 Å². The molecule has 6 nitrogen and oxygen atoms in total. The fourth-order valence-electron chi connectivity index (χ4n) is 2.11. The van der Waals surface area contributed by atoms with Crippen LogP contribution in [0, 0.1) is 6.92 Å². The molecule has 0 radical (unpaired) electrons. The number of aryl methyl sites for hydroxylation is 1. The van der Waals surface area contributed by atoms with E-state index in [1.807, 2.05) is 0 Å². The maximum Gasteiger partial charge on any atom is 0.573 e. The number of hydrogen-bond acceptors (Lipinski definition) is 7. The first-order chi connectivity index (χ1) is 12.3. The number of nitrogens with zero attached hydrogens (tertiary/aromatic N) is 3. The second kappa shape index (κ2) is 7.24. The van der Waals surface area contributed by atoms with E-state index in [0.717, 1.165) is 5.69 Å². The molecule has 0 aliphatic rings. The highest BCUT2D eigenvalue weighted by molar-refractivity contribution is 7.98. The zero-order valence-corrected chi connectivity index (χ0v) is 14.3. The summed E-state index contributed by atoms with van der Waals surface area (Å²) in [6.07, 6.45) is -3.31. The van der Waals surface area contributed by atoms with Gasteiger partial charge >= 0.3 is 6.36 Å². The third-order valence-corrected chi connectivity index (χ3v) is 3.92. The number of oxazole rings is 1. The van der Waals surface area contributed by atoms with E-state index in [1.165, 1.54) is 36.2 Å². The van der Waals surface area contributed by atoms with Crippen LogP contribution >= 0.6 is 11.8 Å². The topological polar surface area (TPSA) is 87.1 Å². The smallest absolute Gasteiger partial charge is 0.440 e. The minimum absolute atomic E-state index is 0.328. The van der Waals surface area contributed by atoms with Gasteiger partial charge in [0.25, 0.3) is 0 Å². The van der Waals surface area contributed by atoms with Crippen molar-refractivity contribution in [2.75, 3.05) is 5.73 Å². The fraction of sp³-hybridized carbons (Fsp3) is 0.188. The summed E-state index contributed by atoms with van der Waals surface area (Å²) in [5, 5.41) is 0.489. The molecular formula is C16H13F3N4O2S. The molecule has 136 valence electrons. The molecule has 2 heterocycles. The van der Waals surface area contributed by atoms with Gasteiger partial charge < -0.3 is 14.9 Å². The predicted molar refractivity (Wildman–Crippen MR) is 89.4 cm³/mol. The molecule has 0 fully saturated rings. The van der Waals surface area contributed by atoms with Gasteiger partial charge in [-0.15, -0.1) is 13.2 Å². The van der Waals surface area contributed by atoms with Crippen molar-refractivity contribution in [1.29, 1.82) is 0 Å². The van der Waals surface area contributed by atoms with E-state index in [1.54, 1.807) is 19.1 Å². The van der Waals surface area contributed by atoms with Crippen molar-refractivity contribution in [3.05, 3.63) is 48.1 Å². The van der Waals surface area contributed by atoms with Crippen LogP contribution in [0.2, 0.25) is 0 Å². The summed E-state index contributed by atoms with van der Waals surface area (Å²) in [6, 6.07) is 7.14. The molecule has 0 unspecified atom stereocenters. The Bertz CT molecular complexity index is 894. The standard InChI is InChI=1S/C16H13F3N4O2S/c1-9-5-13(20)23-15(22-9)26-8-14-21-7-12(24-14)10-3-2-4-11(6-10)25-16(17,18)19/h2-7H,8H2,1H3,(H2,20,22,23). The first-order valence-corrected chi connectivity index (χ1v) is 8.32. The number of halogens is 3. The molecule has 0 saturated carbocycles. The molecule has 1 aromatic carbocycles. The van der Waals surface area contributed by atoms with Crippen molar-refractivity contribution >= 4 is 17.6 Å². The summed E-state index contributed by atoms with van der Waals surface area (Å²) < 4.78 is 46.4. The molecule has 0 atom stereocenters. The lowest BCUT2D eigenvalue weighted by atomic mass is 10.2. The minimum Gasteiger partial charge on any atom is -0.440 e. The number of hydrogen-bond donors (Lipinski definition) is 1. The molecule has 10 heteroatoms. The number of nitrogens with two attached hydrogens (primary N) is 1. The Morgan fingerprint density at radius 2 is 2.04 bits per heavy atom. The van der Waals surface area contributed by atoms with Gasteiger partial charge in [-0.1, -0.05) is 23.9 Å². The summed E-state index contributed by atoms with van der Waals surface area (Å²) >= 11 is 1.29. The SMILES string of the molecule is Cc1cc(N)nc(SCc2ncc(-c3cccc(OC(F)(F)F)c3)o2)n1. The van der Waals surface area contributed by atoms with Gasteiger partial charge in [-0.3, -0.25) is 0 Å². The molecule has 26 heavy (non-hydrogen) atoms. The Hall–Kier alpha value is -2.75. The van der Waals surface area contributed by atoms with E-state index in [0.29, 0.717) is 33.9 Å². The van der Waals surface area contributed by atoms with Crippen molar-refractivity contribution in [1.82, 2.24) is 15.0 Å². The van der Waals surface area contributed by atoms with Gasteiger partial charge in [-0.25, -0.2) is 15.0 Å². The Balaban J connectivity index is 1.70. The fourth-order valence-corrected chi connectivity index (χ4v) is 2.88. The number of thioether (sulfide) groups is 1. The van der Waals surface area contributed by atoms with E-state index in [9.17, 15) is 13.2 Å². The van der Waals surface area contributed by atoms with Gasteiger partial charge in [0.1, 0.15) is 11.6 Å². The summed E-state index contributed by atoms with van der Waals surface area (Å²) in [5.74, 6) is 1.11. The van der Waals surface area contributed by atoms with Gasteiger partial charge in [0.05, 0.1) is 11.9 Å². The average molecular weight is 382 g/mol. The minimum atomic E-state index is -4.75. The maximum atomic E-state index is 12.3. The number of ether oxygens (including phenoxy) is 1. The van der Waals surface area contributed by atoms with Crippen LogP contribution in [0.4, 0.5) is 19.0 Å². The van der Waals surface area contributed by atoms with E-state index < -0.39 is 6.36 Å². The van der Waals surface area contributed by atoms with Gasteiger partial charge in [0.15, 0.2) is 10.9 Å². The molecule has 0 amide bonds. The maximum absolute atomic E-state index is 12.3. The highest BCUT2D eigenvalue weighted by Gasteiger charge is 2.31. The van der Waals surface area contributed by atoms with Crippen LogP contribution in [0.15, 0.2) is 46.1 Å². The first-order valence-electron chi connectivity index (χ1n) is 7.33. The third kappa shape index (κ3) is 4.88. The summed E-state index contributed by atoms with van der Waals surface area (Å²) in [5.41, 5.74) is 6.84. The second-order valence-electron chi connectivity index (χ2n) is 5.20. The van der Waals surface area contributed by atoms with Crippen LogP contribution < -0.4 is 10.5 Å². The largest absolute Gasteiger partial charge is 0.573 e. The van der Waals surface area contributed by atoms with Crippen molar-refractivity contribution in [3.63, 3.8) is 0 Å². The summed E-state index contributed by atoms with van der Waals surface area (Å²) in [4.78, 5) is 12.5. The molecule has 0 aliphatic carbocycles. The Labute approximate surface area is 150 Å². The molecular weight excluding hydrogens is 369 g/mol. The normalized spacial score (nSPS) is 11.5. The Morgan fingerprint density at radius 1 is 1.23 bits per heavy atom. The van der Waals surface area contributed by atoms with Crippen molar-refractivity contribution < 1.29 is 22.3 Å². The molecule has 3 aromatic rings. The molecule has 2 aromatic heterocycles.